The number of nitrogens with one attached hydrogen (secondary N) is 2. The first kappa shape index (κ1) is 17.9. The maximum Gasteiger partial charge on any atom is 0.288 e. The lowest BCUT2D eigenvalue weighted by Gasteiger charge is -2.05. The Morgan fingerprint density at radius 3 is 2.33 bits per heavy atom. The molecule has 5 aromatic rings. The lowest BCUT2D eigenvalue weighted by atomic mass is 10.0. The van der Waals surface area contributed by atoms with Gasteiger partial charge in [-0.1, -0.05) is 91.0 Å². The van der Waals surface area contributed by atoms with Gasteiger partial charge >= 0.3 is 0 Å². The molecular formula is C26H19N3O. The molecule has 0 fully saturated rings. The average Bonchev–Trinajstić information content (AvgIpc) is 3.19. The second-order valence-corrected chi connectivity index (χ2v) is 7.05. The van der Waals surface area contributed by atoms with Crippen LogP contribution in [-0.4, -0.2) is 17.1 Å². The monoisotopic (exact) mass is 389 g/mol. The molecule has 4 heteroatoms. The molecular weight excluding hydrogens is 370 g/mol. The maximum atomic E-state index is 13.0. The van der Waals surface area contributed by atoms with Crippen molar-refractivity contribution in [3.63, 3.8) is 0 Å². The fourth-order valence-electron chi connectivity index (χ4n) is 3.80. The Balaban J connectivity index is 1.49. The molecule has 0 unspecified atom stereocenters. The largest absolute Gasteiger partial charge is 0.350 e. The highest BCUT2D eigenvalue weighted by atomic mass is 16.2. The van der Waals surface area contributed by atoms with Gasteiger partial charge in [-0.15, -0.1) is 0 Å². The van der Waals surface area contributed by atoms with E-state index in [1.54, 1.807) is 6.21 Å². The number of hydrogen-bond acceptors (Lipinski definition) is 2. The van der Waals surface area contributed by atoms with Crippen LogP contribution in [-0.2, 0) is 0 Å². The quantitative estimate of drug-likeness (QED) is 0.298. The van der Waals surface area contributed by atoms with Gasteiger partial charge in [0.2, 0.25) is 0 Å². The van der Waals surface area contributed by atoms with Crippen molar-refractivity contribution < 1.29 is 4.79 Å². The summed E-state index contributed by atoms with van der Waals surface area (Å²) in [4.78, 5) is 16.3. The van der Waals surface area contributed by atoms with Crippen LogP contribution >= 0.6 is 0 Å². The number of rotatable bonds is 4. The summed E-state index contributed by atoms with van der Waals surface area (Å²) in [5.41, 5.74) is 6.91. The predicted octanol–water partition coefficient (Wildman–Crippen LogP) is 5.75. The first-order chi connectivity index (χ1) is 14.8. The fourth-order valence-corrected chi connectivity index (χ4v) is 3.80. The normalized spacial score (nSPS) is 11.3. The van der Waals surface area contributed by atoms with Crippen LogP contribution in [0.2, 0.25) is 0 Å². The van der Waals surface area contributed by atoms with Crippen LogP contribution in [0.15, 0.2) is 102 Å². The number of amides is 1. The van der Waals surface area contributed by atoms with Crippen molar-refractivity contribution in [1.82, 2.24) is 10.4 Å². The topological polar surface area (TPSA) is 57.2 Å². The first-order valence-electron chi connectivity index (χ1n) is 9.78. The summed E-state index contributed by atoms with van der Waals surface area (Å²) in [6.45, 7) is 0. The smallest absolute Gasteiger partial charge is 0.288 e. The Labute approximate surface area is 173 Å². The van der Waals surface area contributed by atoms with Crippen molar-refractivity contribution >= 4 is 33.8 Å². The van der Waals surface area contributed by atoms with Gasteiger partial charge in [-0.05, 0) is 22.4 Å². The molecule has 0 saturated carbocycles. The van der Waals surface area contributed by atoms with E-state index in [0.717, 1.165) is 38.4 Å². The summed E-state index contributed by atoms with van der Waals surface area (Å²) in [5.74, 6) is -0.276. The van der Waals surface area contributed by atoms with E-state index in [1.807, 2.05) is 84.9 Å². The van der Waals surface area contributed by atoms with Crippen molar-refractivity contribution in [3.8, 4) is 11.1 Å². The summed E-state index contributed by atoms with van der Waals surface area (Å²) in [7, 11) is 0. The molecule has 0 radical (unpaired) electrons. The van der Waals surface area contributed by atoms with Crippen molar-refractivity contribution in [3.05, 3.63) is 108 Å². The molecule has 1 amide bonds. The van der Waals surface area contributed by atoms with Gasteiger partial charge in [0.1, 0.15) is 5.69 Å². The summed E-state index contributed by atoms with van der Waals surface area (Å²) in [6, 6.07) is 32.0. The number of H-pyrrole nitrogens is 1. The fraction of sp³-hybridized carbons (Fsp3) is 0. The van der Waals surface area contributed by atoms with Crippen LogP contribution in [0.3, 0.4) is 0 Å². The molecule has 0 aliphatic carbocycles. The summed E-state index contributed by atoms with van der Waals surface area (Å²) in [6.07, 6.45) is 1.69. The minimum absolute atomic E-state index is 0.276. The van der Waals surface area contributed by atoms with Crippen LogP contribution in [0.5, 0.6) is 0 Å². The number of nitrogens with zero attached hydrogens (tertiary/aromatic N) is 1. The molecule has 4 nitrogen and oxygen atoms in total. The van der Waals surface area contributed by atoms with Crippen LogP contribution in [0, 0.1) is 0 Å². The highest BCUT2D eigenvalue weighted by Gasteiger charge is 2.18. The molecule has 0 aliphatic heterocycles. The molecule has 0 saturated heterocycles. The van der Waals surface area contributed by atoms with Gasteiger partial charge in [0.25, 0.3) is 5.91 Å². The summed E-state index contributed by atoms with van der Waals surface area (Å²) in [5, 5.41) is 7.46. The zero-order chi connectivity index (χ0) is 20.3. The Hall–Kier alpha value is -4.18. The minimum Gasteiger partial charge on any atom is -0.350 e. The SMILES string of the molecule is O=C(N/N=C\c1cccc2ccccc12)c1[nH]c2ccccc2c1-c1ccccc1. The standard InChI is InChI=1S/C26H19N3O/c30-26(29-27-17-20-13-8-12-18-9-4-5-14-21(18)20)25-24(19-10-2-1-3-11-19)22-15-6-7-16-23(22)28-25/h1-17,28H,(H,29,30)/b27-17-. The Kier molecular flexibility index (Phi) is 4.58. The van der Waals surface area contributed by atoms with Gasteiger partial charge in [-0.2, -0.15) is 5.10 Å². The molecule has 0 spiro atoms. The highest BCUT2D eigenvalue weighted by Crippen LogP contribution is 2.32. The number of fused-ring (bicyclic) bond motifs is 2. The van der Waals surface area contributed by atoms with Gasteiger partial charge in [0.05, 0.1) is 6.21 Å². The second kappa shape index (κ2) is 7.68. The molecule has 0 aliphatic rings. The number of benzene rings is 4. The molecule has 4 aromatic carbocycles. The van der Waals surface area contributed by atoms with Crippen molar-refractivity contribution in [2.24, 2.45) is 5.10 Å². The molecule has 30 heavy (non-hydrogen) atoms. The van der Waals surface area contributed by atoms with Crippen molar-refractivity contribution in [1.29, 1.82) is 0 Å². The number of carbonyl (C=O) groups excluding carboxylic acids is 1. The van der Waals surface area contributed by atoms with Gasteiger partial charge < -0.3 is 4.98 Å². The van der Waals surface area contributed by atoms with Crippen LogP contribution in [0.4, 0.5) is 0 Å². The lowest BCUT2D eigenvalue weighted by Crippen LogP contribution is -2.18. The predicted molar refractivity (Wildman–Crippen MR) is 123 cm³/mol. The Morgan fingerprint density at radius 1 is 0.767 bits per heavy atom. The van der Waals surface area contributed by atoms with Crippen molar-refractivity contribution in [2.45, 2.75) is 0 Å². The minimum atomic E-state index is -0.276. The number of hydrogen-bond donors (Lipinski definition) is 2. The van der Waals surface area contributed by atoms with Gasteiger partial charge in [-0.25, -0.2) is 5.43 Å². The van der Waals surface area contributed by atoms with E-state index >= 15 is 0 Å². The van der Waals surface area contributed by atoms with E-state index in [1.165, 1.54) is 0 Å². The van der Waals surface area contributed by atoms with E-state index in [4.69, 9.17) is 0 Å². The third-order valence-corrected chi connectivity index (χ3v) is 5.19. The van der Waals surface area contributed by atoms with Crippen LogP contribution in [0.25, 0.3) is 32.8 Å². The zero-order valence-corrected chi connectivity index (χ0v) is 16.2. The highest BCUT2D eigenvalue weighted by molar-refractivity contribution is 6.10. The van der Waals surface area contributed by atoms with E-state index in [0.29, 0.717) is 5.69 Å². The van der Waals surface area contributed by atoms with Gasteiger partial charge in [-0.3, -0.25) is 4.79 Å². The van der Waals surface area contributed by atoms with Gasteiger partial charge in [0.15, 0.2) is 0 Å². The number of aromatic nitrogens is 1. The van der Waals surface area contributed by atoms with Crippen molar-refractivity contribution in [2.75, 3.05) is 0 Å². The number of hydrazone groups is 1. The molecule has 0 bridgehead atoms. The van der Waals surface area contributed by atoms with E-state index in [2.05, 4.69) is 27.6 Å². The summed E-state index contributed by atoms with van der Waals surface area (Å²) < 4.78 is 0. The average molecular weight is 389 g/mol. The number of carbonyl (C=O) groups is 1. The zero-order valence-electron chi connectivity index (χ0n) is 16.2. The third kappa shape index (κ3) is 3.25. The molecule has 1 heterocycles. The first-order valence-corrected chi connectivity index (χ1v) is 9.78. The van der Waals surface area contributed by atoms with Gasteiger partial charge in [0, 0.05) is 22.0 Å². The molecule has 0 atom stereocenters. The molecule has 5 rings (SSSR count). The number of para-hydroxylation sites is 1. The number of aromatic amines is 1. The summed E-state index contributed by atoms with van der Waals surface area (Å²) >= 11 is 0. The Bertz CT molecular complexity index is 1380. The van der Waals surface area contributed by atoms with Crippen LogP contribution in [0.1, 0.15) is 16.1 Å². The molecule has 144 valence electrons. The Morgan fingerprint density at radius 2 is 1.47 bits per heavy atom. The third-order valence-electron chi connectivity index (χ3n) is 5.19. The lowest BCUT2D eigenvalue weighted by molar-refractivity contribution is 0.0951. The second-order valence-electron chi connectivity index (χ2n) is 7.05. The molecule has 2 N–H and O–H groups in total. The molecule has 1 aromatic heterocycles. The van der Waals surface area contributed by atoms with E-state index in [9.17, 15) is 4.79 Å². The maximum absolute atomic E-state index is 13.0. The van der Waals surface area contributed by atoms with E-state index < -0.39 is 0 Å². The van der Waals surface area contributed by atoms with E-state index in [-0.39, 0.29) is 5.91 Å². The van der Waals surface area contributed by atoms with Crippen LogP contribution < -0.4 is 5.43 Å².